The van der Waals surface area contributed by atoms with Crippen LogP contribution in [-0.4, -0.2) is 16.0 Å². The maximum absolute atomic E-state index is 13.5. The standard InChI is InChI=1S/C14H12FN5S2/c15-11-5-1-2-6-12(11)18-13-19-20-14(22-13)21-9-10(8-17)4-3-7-16/h1-2,5-6,10H,3-4,9H2,(H,18,19)/t10-/m1/s1. The average molecular weight is 333 g/mol. The highest BCUT2D eigenvalue weighted by Gasteiger charge is 2.11. The zero-order chi connectivity index (χ0) is 15.8. The Morgan fingerprint density at radius 1 is 1.32 bits per heavy atom. The second-order valence-electron chi connectivity index (χ2n) is 4.31. The third-order valence-corrected chi connectivity index (χ3v) is 4.85. The lowest BCUT2D eigenvalue weighted by molar-refractivity contribution is 0.632. The monoisotopic (exact) mass is 333 g/mol. The van der Waals surface area contributed by atoms with Crippen molar-refractivity contribution in [3.05, 3.63) is 30.1 Å². The molecule has 112 valence electrons. The molecule has 0 radical (unpaired) electrons. The fraction of sp³-hybridized carbons (Fsp3) is 0.286. The number of thioether (sulfide) groups is 1. The minimum atomic E-state index is -0.354. The van der Waals surface area contributed by atoms with Gasteiger partial charge in [0.2, 0.25) is 5.13 Å². The minimum absolute atomic E-state index is 0.184. The molecule has 2 aromatic rings. The third kappa shape index (κ3) is 4.69. The molecule has 1 N–H and O–H groups in total. The molecule has 5 nitrogen and oxygen atoms in total. The lowest BCUT2D eigenvalue weighted by Crippen LogP contribution is -1.99. The van der Waals surface area contributed by atoms with Gasteiger partial charge in [-0.05, 0) is 18.6 Å². The first-order valence-corrected chi connectivity index (χ1v) is 8.27. The molecule has 22 heavy (non-hydrogen) atoms. The summed E-state index contributed by atoms with van der Waals surface area (Å²) in [6.07, 6.45) is 0.925. The summed E-state index contributed by atoms with van der Waals surface area (Å²) in [6.45, 7) is 0. The molecule has 1 aromatic carbocycles. The van der Waals surface area contributed by atoms with Crippen molar-refractivity contribution in [3.8, 4) is 12.1 Å². The number of nitrogens with zero attached hydrogens (tertiary/aromatic N) is 4. The fourth-order valence-corrected chi connectivity index (χ4v) is 3.44. The molecule has 0 aliphatic carbocycles. The summed E-state index contributed by atoms with van der Waals surface area (Å²) in [5.41, 5.74) is 0.346. The van der Waals surface area contributed by atoms with Crippen molar-refractivity contribution in [1.82, 2.24) is 10.2 Å². The Balaban J connectivity index is 1.91. The van der Waals surface area contributed by atoms with Crippen LogP contribution in [0.4, 0.5) is 15.2 Å². The zero-order valence-corrected chi connectivity index (χ0v) is 13.1. The molecular weight excluding hydrogens is 321 g/mol. The van der Waals surface area contributed by atoms with E-state index >= 15 is 0 Å². The van der Waals surface area contributed by atoms with Gasteiger partial charge in [-0.15, -0.1) is 10.2 Å². The number of rotatable bonds is 7. The van der Waals surface area contributed by atoms with Gasteiger partial charge in [0.1, 0.15) is 5.82 Å². The quantitative estimate of drug-likeness (QED) is 0.772. The lowest BCUT2D eigenvalue weighted by atomic mass is 10.1. The number of hydrogen-bond donors (Lipinski definition) is 1. The number of nitriles is 2. The second-order valence-corrected chi connectivity index (χ2v) is 6.56. The Hall–Kier alpha value is -2.16. The summed E-state index contributed by atoms with van der Waals surface area (Å²) in [7, 11) is 0. The number of nitrogens with one attached hydrogen (secondary N) is 1. The molecular formula is C14H12FN5S2. The van der Waals surface area contributed by atoms with Crippen LogP contribution in [0.5, 0.6) is 0 Å². The largest absolute Gasteiger partial charge is 0.328 e. The van der Waals surface area contributed by atoms with Gasteiger partial charge in [-0.3, -0.25) is 0 Å². The molecule has 1 atom stereocenters. The van der Waals surface area contributed by atoms with E-state index in [2.05, 4.69) is 21.6 Å². The van der Waals surface area contributed by atoms with Gasteiger partial charge in [0.15, 0.2) is 4.34 Å². The molecule has 0 aliphatic heterocycles. The Kier molecular flexibility index (Phi) is 6.13. The highest BCUT2D eigenvalue weighted by atomic mass is 32.2. The van der Waals surface area contributed by atoms with Crippen LogP contribution in [0.15, 0.2) is 28.6 Å². The first-order chi connectivity index (χ1) is 10.7. The minimum Gasteiger partial charge on any atom is -0.328 e. The Morgan fingerprint density at radius 3 is 2.86 bits per heavy atom. The van der Waals surface area contributed by atoms with Crippen molar-refractivity contribution < 1.29 is 4.39 Å². The van der Waals surface area contributed by atoms with Crippen molar-refractivity contribution in [2.24, 2.45) is 5.92 Å². The van der Waals surface area contributed by atoms with Crippen LogP contribution in [0, 0.1) is 34.4 Å². The van der Waals surface area contributed by atoms with Gasteiger partial charge in [0.05, 0.1) is 23.7 Å². The van der Waals surface area contributed by atoms with Crippen molar-refractivity contribution in [2.45, 2.75) is 17.2 Å². The van der Waals surface area contributed by atoms with Gasteiger partial charge in [-0.2, -0.15) is 10.5 Å². The summed E-state index contributed by atoms with van der Waals surface area (Å²) in [4.78, 5) is 0. The van der Waals surface area contributed by atoms with Crippen LogP contribution in [-0.2, 0) is 0 Å². The van der Waals surface area contributed by atoms with E-state index in [0.29, 0.717) is 33.8 Å². The van der Waals surface area contributed by atoms with E-state index in [1.54, 1.807) is 18.2 Å². The maximum atomic E-state index is 13.5. The van der Waals surface area contributed by atoms with Crippen LogP contribution in [0.2, 0.25) is 0 Å². The third-order valence-electron chi connectivity index (χ3n) is 2.72. The first kappa shape index (κ1) is 16.2. The lowest BCUT2D eigenvalue weighted by Gasteiger charge is -2.03. The number of hydrogen-bond acceptors (Lipinski definition) is 7. The van der Waals surface area contributed by atoms with E-state index in [4.69, 9.17) is 10.5 Å². The highest BCUT2D eigenvalue weighted by Crippen LogP contribution is 2.30. The van der Waals surface area contributed by atoms with E-state index in [0.717, 1.165) is 0 Å². The van der Waals surface area contributed by atoms with Crippen molar-refractivity contribution in [2.75, 3.05) is 11.1 Å². The number of benzene rings is 1. The average Bonchev–Trinajstić information content (AvgIpc) is 2.97. The summed E-state index contributed by atoms with van der Waals surface area (Å²) >= 11 is 2.72. The maximum Gasteiger partial charge on any atom is 0.210 e. The van der Waals surface area contributed by atoms with Crippen LogP contribution in [0.3, 0.4) is 0 Å². The molecule has 0 unspecified atom stereocenters. The molecule has 8 heteroatoms. The predicted molar refractivity (Wildman–Crippen MR) is 84.3 cm³/mol. The van der Waals surface area contributed by atoms with E-state index in [-0.39, 0.29) is 11.7 Å². The molecule has 0 fully saturated rings. The van der Waals surface area contributed by atoms with E-state index in [9.17, 15) is 4.39 Å². The number of anilines is 2. The van der Waals surface area contributed by atoms with E-state index in [1.165, 1.54) is 29.2 Å². The molecule has 0 saturated heterocycles. The van der Waals surface area contributed by atoms with Gasteiger partial charge in [0, 0.05) is 12.2 Å². The highest BCUT2D eigenvalue weighted by molar-refractivity contribution is 8.01. The zero-order valence-electron chi connectivity index (χ0n) is 11.5. The second kappa shape index (κ2) is 8.32. The van der Waals surface area contributed by atoms with Crippen molar-refractivity contribution in [3.63, 3.8) is 0 Å². The summed E-state index contributed by atoms with van der Waals surface area (Å²) in [6, 6.07) is 10.6. The number of halogens is 1. The summed E-state index contributed by atoms with van der Waals surface area (Å²) < 4.78 is 14.2. The summed E-state index contributed by atoms with van der Waals surface area (Å²) in [5, 5.41) is 28.9. The topological polar surface area (TPSA) is 85.4 Å². The van der Waals surface area contributed by atoms with E-state index in [1.807, 2.05) is 6.07 Å². The van der Waals surface area contributed by atoms with Crippen molar-refractivity contribution in [1.29, 1.82) is 10.5 Å². The molecule has 2 rings (SSSR count). The molecule has 0 spiro atoms. The first-order valence-electron chi connectivity index (χ1n) is 6.47. The molecule has 0 bridgehead atoms. The molecule has 1 heterocycles. The van der Waals surface area contributed by atoms with Crippen LogP contribution >= 0.6 is 23.1 Å². The Bertz CT molecular complexity index is 704. The predicted octanol–water partition coefficient (Wildman–Crippen LogP) is 3.96. The van der Waals surface area contributed by atoms with Gasteiger partial charge < -0.3 is 5.32 Å². The number of para-hydroxylation sites is 1. The van der Waals surface area contributed by atoms with Crippen LogP contribution < -0.4 is 5.32 Å². The van der Waals surface area contributed by atoms with Gasteiger partial charge >= 0.3 is 0 Å². The Morgan fingerprint density at radius 2 is 2.14 bits per heavy atom. The Labute approximate surface area is 135 Å². The molecule has 1 aromatic heterocycles. The van der Waals surface area contributed by atoms with Gasteiger partial charge in [-0.25, -0.2) is 4.39 Å². The van der Waals surface area contributed by atoms with Crippen LogP contribution in [0.25, 0.3) is 0 Å². The smallest absolute Gasteiger partial charge is 0.210 e. The van der Waals surface area contributed by atoms with Crippen LogP contribution in [0.1, 0.15) is 12.8 Å². The normalized spacial score (nSPS) is 11.4. The van der Waals surface area contributed by atoms with Gasteiger partial charge in [-0.1, -0.05) is 35.2 Å². The SMILES string of the molecule is N#CCC[C@H](C#N)CSc1nnc(Nc2ccccc2F)s1. The van der Waals surface area contributed by atoms with E-state index < -0.39 is 0 Å². The fourth-order valence-electron chi connectivity index (χ4n) is 1.59. The molecule has 0 saturated carbocycles. The van der Waals surface area contributed by atoms with Gasteiger partial charge in [0.25, 0.3) is 0 Å². The number of aromatic nitrogens is 2. The molecule has 0 amide bonds. The van der Waals surface area contributed by atoms with Crippen molar-refractivity contribution >= 4 is 33.9 Å². The molecule has 0 aliphatic rings. The summed E-state index contributed by atoms with van der Waals surface area (Å²) in [5.74, 6) is 0.0245.